The second-order valence-electron chi connectivity index (χ2n) is 7.86. The van der Waals surface area contributed by atoms with E-state index < -0.39 is 11.1 Å². The van der Waals surface area contributed by atoms with E-state index in [9.17, 15) is 14.9 Å². The smallest absolute Gasteiger partial charge is 0.432 e. The molecule has 1 saturated carbocycles. The maximum atomic E-state index is 12.3. The van der Waals surface area contributed by atoms with Crippen molar-refractivity contribution in [3.05, 3.63) is 62.9 Å². The molecule has 1 atom stereocenters. The van der Waals surface area contributed by atoms with Crippen LogP contribution in [0.5, 0.6) is 5.75 Å². The van der Waals surface area contributed by atoms with Gasteiger partial charge in [0.25, 0.3) is 5.69 Å². The van der Waals surface area contributed by atoms with Gasteiger partial charge < -0.3 is 14.0 Å². The summed E-state index contributed by atoms with van der Waals surface area (Å²) in [7, 11) is 0. The summed E-state index contributed by atoms with van der Waals surface area (Å²) < 4.78 is 12.5. The zero-order chi connectivity index (χ0) is 22.7. The summed E-state index contributed by atoms with van der Waals surface area (Å²) in [5, 5.41) is 11.6. The van der Waals surface area contributed by atoms with E-state index in [2.05, 4.69) is 4.98 Å². The Morgan fingerprint density at radius 3 is 2.56 bits per heavy atom. The van der Waals surface area contributed by atoms with Crippen molar-refractivity contribution in [2.45, 2.75) is 38.1 Å². The number of nitrogens with zero attached hydrogens (tertiary/aromatic N) is 3. The third kappa shape index (κ3) is 5.14. The lowest BCUT2D eigenvalue weighted by molar-refractivity contribution is -0.384. The van der Waals surface area contributed by atoms with Crippen molar-refractivity contribution >= 4 is 46.1 Å². The van der Waals surface area contributed by atoms with Crippen molar-refractivity contribution < 1.29 is 19.2 Å². The molecule has 1 heterocycles. The van der Waals surface area contributed by atoms with Gasteiger partial charge in [-0.25, -0.2) is 9.78 Å². The van der Waals surface area contributed by atoms with Gasteiger partial charge in [0, 0.05) is 12.1 Å². The normalized spacial score (nSPS) is 15.1. The van der Waals surface area contributed by atoms with Crippen LogP contribution in [-0.4, -0.2) is 27.2 Å². The number of imidazole rings is 1. The molecular weight excluding hydrogens is 457 g/mol. The summed E-state index contributed by atoms with van der Waals surface area (Å²) in [6.45, 7) is 0.0913. The lowest BCUT2D eigenvalue weighted by Crippen LogP contribution is -2.21. The van der Waals surface area contributed by atoms with Gasteiger partial charge in [0.1, 0.15) is 12.4 Å². The molecule has 0 aliphatic heterocycles. The van der Waals surface area contributed by atoms with Gasteiger partial charge >= 0.3 is 6.16 Å². The second kappa shape index (κ2) is 9.75. The predicted molar refractivity (Wildman–Crippen MR) is 120 cm³/mol. The van der Waals surface area contributed by atoms with Crippen LogP contribution in [0, 0.1) is 16.0 Å². The van der Waals surface area contributed by atoms with E-state index in [0.29, 0.717) is 21.5 Å². The number of benzene rings is 2. The molecule has 1 aliphatic rings. The van der Waals surface area contributed by atoms with Crippen LogP contribution in [0.1, 0.15) is 38.1 Å². The molecule has 10 heteroatoms. The number of ether oxygens (including phenoxy) is 2. The van der Waals surface area contributed by atoms with Crippen LogP contribution in [0.15, 0.2) is 42.7 Å². The maximum absolute atomic E-state index is 12.3. The highest BCUT2D eigenvalue weighted by molar-refractivity contribution is 6.42. The fourth-order valence-corrected chi connectivity index (χ4v) is 4.45. The Morgan fingerprint density at radius 1 is 1.19 bits per heavy atom. The molecular formula is C22H21Cl2N3O5. The van der Waals surface area contributed by atoms with E-state index in [1.54, 1.807) is 18.5 Å². The Labute approximate surface area is 194 Å². The molecule has 1 unspecified atom stereocenters. The maximum Gasteiger partial charge on any atom is 0.513 e. The minimum atomic E-state index is -0.874. The number of aromatic nitrogens is 2. The SMILES string of the molecule is O=C(OCC(CC1CCCC1)n1cnc2cc(Cl)c(Cl)cc21)Oc1ccc([N+](=O)[O-])cc1. The molecule has 1 aliphatic carbocycles. The lowest BCUT2D eigenvalue weighted by atomic mass is 9.98. The number of rotatable bonds is 7. The van der Waals surface area contributed by atoms with E-state index in [4.69, 9.17) is 32.7 Å². The first-order valence-corrected chi connectivity index (χ1v) is 11.1. The number of halogens is 2. The first-order valence-electron chi connectivity index (χ1n) is 10.3. The first kappa shape index (κ1) is 22.4. The lowest BCUT2D eigenvalue weighted by Gasteiger charge is -2.22. The molecule has 2 aromatic carbocycles. The van der Waals surface area contributed by atoms with Crippen molar-refractivity contribution in [1.82, 2.24) is 9.55 Å². The Balaban J connectivity index is 1.48. The molecule has 8 nitrogen and oxygen atoms in total. The van der Waals surface area contributed by atoms with E-state index >= 15 is 0 Å². The minimum Gasteiger partial charge on any atom is -0.432 e. The molecule has 1 fully saturated rings. The van der Waals surface area contributed by atoms with Crippen molar-refractivity contribution in [2.75, 3.05) is 6.61 Å². The fraction of sp³-hybridized carbons (Fsp3) is 0.364. The van der Waals surface area contributed by atoms with Crippen molar-refractivity contribution in [2.24, 2.45) is 5.92 Å². The minimum absolute atomic E-state index is 0.0897. The highest BCUT2D eigenvalue weighted by Crippen LogP contribution is 2.35. The van der Waals surface area contributed by atoms with Crippen molar-refractivity contribution in [3.8, 4) is 5.75 Å². The number of carbonyl (C=O) groups excluding carboxylic acids is 1. The van der Waals surface area contributed by atoms with Gasteiger partial charge in [-0.2, -0.15) is 0 Å². The average molecular weight is 478 g/mol. The van der Waals surface area contributed by atoms with Crippen LogP contribution in [-0.2, 0) is 4.74 Å². The van der Waals surface area contributed by atoms with Crippen LogP contribution >= 0.6 is 23.2 Å². The van der Waals surface area contributed by atoms with Crippen molar-refractivity contribution in [1.29, 1.82) is 0 Å². The molecule has 4 rings (SSSR count). The fourth-order valence-electron chi connectivity index (χ4n) is 4.13. The van der Waals surface area contributed by atoms with Crippen LogP contribution in [0.3, 0.4) is 0 Å². The highest BCUT2D eigenvalue weighted by atomic mass is 35.5. The molecule has 0 N–H and O–H groups in total. The van der Waals surface area contributed by atoms with Crippen LogP contribution in [0.2, 0.25) is 10.0 Å². The van der Waals surface area contributed by atoms with Gasteiger partial charge in [0.05, 0.1) is 38.4 Å². The molecule has 168 valence electrons. The van der Waals surface area contributed by atoms with Crippen LogP contribution < -0.4 is 4.74 Å². The second-order valence-corrected chi connectivity index (χ2v) is 8.68. The molecule has 0 bridgehead atoms. The number of non-ortho nitro benzene ring substituents is 1. The topological polar surface area (TPSA) is 96.5 Å². The van der Waals surface area contributed by atoms with Crippen LogP contribution in [0.4, 0.5) is 10.5 Å². The molecule has 3 aromatic rings. The Morgan fingerprint density at radius 2 is 1.88 bits per heavy atom. The zero-order valence-corrected chi connectivity index (χ0v) is 18.6. The van der Waals surface area contributed by atoms with Crippen LogP contribution in [0.25, 0.3) is 11.0 Å². The van der Waals surface area contributed by atoms with E-state index in [-0.39, 0.29) is 24.1 Å². The molecule has 0 saturated heterocycles. The quantitative estimate of drug-likeness (QED) is 0.165. The monoisotopic (exact) mass is 477 g/mol. The summed E-state index contributed by atoms with van der Waals surface area (Å²) >= 11 is 12.3. The van der Waals surface area contributed by atoms with E-state index in [0.717, 1.165) is 24.8 Å². The Bertz CT molecular complexity index is 1130. The molecule has 0 radical (unpaired) electrons. The van der Waals surface area contributed by atoms with E-state index in [1.807, 2.05) is 4.57 Å². The van der Waals surface area contributed by atoms with Gasteiger partial charge in [0.2, 0.25) is 0 Å². The van der Waals surface area contributed by atoms with Gasteiger partial charge in [-0.15, -0.1) is 0 Å². The summed E-state index contributed by atoms with van der Waals surface area (Å²) in [6.07, 6.45) is 6.35. The zero-order valence-electron chi connectivity index (χ0n) is 17.1. The first-order chi connectivity index (χ1) is 15.4. The number of hydrogen-bond acceptors (Lipinski definition) is 6. The largest absolute Gasteiger partial charge is 0.513 e. The van der Waals surface area contributed by atoms with Gasteiger partial charge in [-0.05, 0) is 36.6 Å². The van der Waals surface area contributed by atoms with Gasteiger partial charge in [-0.3, -0.25) is 10.1 Å². The number of nitro groups is 1. The molecule has 0 spiro atoms. The van der Waals surface area contributed by atoms with Gasteiger partial charge in [0.15, 0.2) is 0 Å². The summed E-state index contributed by atoms with van der Waals surface area (Å²) in [5.41, 5.74) is 1.44. The third-order valence-corrected chi connectivity index (χ3v) is 6.45. The predicted octanol–water partition coefficient (Wildman–Crippen LogP) is 6.59. The Hall–Kier alpha value is -2.84. The van der Waals surface area contributed by atoms with Crippen molar-refractivity contribution in [3.63, 3.8) is 0 Å². The Kier molecular flexibility index (Phi) is 6.81. The molecule has 0 amide bonds. The number of hydrogen-bond donors (Lipinski definition) is 0. The standard InChI is InChI=1S/C22H21Cl2N3O5/c23-18-10-20-21(11-19(18)24)26(13-25-20)16(9-14-3-1-2-4-14)12-31-22(28)32-17-7-5-15(6-8-17)27(29)30/h5-8,10-11,13-14,16H,1-4,9,12H2. The summed E-state index contributed by atoms with van der Waals surface area (Å²) in [6, 6.07) is 8.56. The number of carbonyl (C=O) groups is 1. The number of fused-ring (bicyclic) bond motifs is 1. The summed E-state index contributed by atoms with van der Waals surface area (Å²) in [5.74, 6) is 0.706. The van der Waals surface area contributed by atoms with E-state index in [1.165, 1.54) is 37.1 Å². The highest BCUT2D eigenvalue weighted by Gasteiger charge is 2.24. The molecule has 32 heavy (non-hydrogen) atoms. The summed E-state index contributed by atoms with van der Waals surface area (Å²) in [4.78, 5) is 26.9. The van der Waals surface area contributed by atoms with Gasteiger partial charge in [-0.1, -0.05) is 48.9 Å². The third-order valence-electron chi connectivity index (χ3n) is 5.73. The average Bonchev–Trinajstić information content (AvgIpc) is 3.42. The molecule has 1 aromatic heterocycles. The number of nitro benzene ring substituents is 1.